The van der Waals surface area contributed by atoms with Gasteiger partial charge in [0, 0.05) is 19.0 Å². The Balaban J connectivity index is 2.38. The third-order valence-corrected chi connectivity index (χ3v) is 3.26. The number of carboxylic acids is 1. The van der Waals surface area contributed by atoms with E-state index in [9.17, 15) is 18.4 Å². The lowest BCUT2D eigenvalue weighted by Gasteiger charge is -2.24. The molecule has 0 radical (unpaired) electrons. The first kappa shape index (κ1) is 14.8. The highest BCUT2D eigenvalue weighted by Crippen LogP contribution is 2.29. The van der Waals surface area contributed by atoms with E-state index in [0.717, 1.165) is 0 Å². The van der Waals surface area contributed by atoms with Crippen molar-refractivity contribution in [2.24, 2.45) is 0 Å². The van der Waals surface area contributed by atoms with Gasteiger partial charge in [0.1, 0.15) is 6.04 Å². The van der Waals surface area contributed by atoms with Gasteiger partial charge in [-0.3, -0.25) is 9.69 Å². The first-order valence-corrected chi connectivity index (χ1v) is 5.90. The van der Waals surface area contributed by atoms with Crippen molar-refractivity contribution in [2.75, 3.05) is 13.1 Å². The first-order valence-electron chi connectivity index (χ1n) is 5.90. The van der Waals surface area contributed by atoms with Gasteiger partial charge in [0.2, 0.25) is 6.41 Å². The average Bonchev–Trinajstić information content (AvgIpc) is 2.64. The second kappa shape index (κ2) is 6.08. The van der Waals surface area contributed by atoms with Gasteiger partial charge in [-0.25, -0.2) is 13.6 Å². The standard InChI is InChI=1S/C11H18F2N2O3/c1-8(15-5-4-11(12,13)6-15)2-3-9(10(17)18)14-7-16/h7-9H,2-6H2,1H3,(H,14,16)(H,17,18). The SMILES string of the molecule is CC(CCC(NC=O)C(=O)O)N1CCC(F)(F)C1. The van der Waals surface area contributed by atoms with E-state index in [0.29, 0.717) is 19.4 Å². The summed E-state index contributed by atoms with van der Waals surface area (Å²) in [5.41, 5.74) is 0. The minimum absolute atomic E-state index is 0.117. The molecular weight excluding hydrogens is 246 g/mol. The summed E-state index contributed by atoms with van der Waals surface area (Å²) in [5, 5.41) is 11.0. The van der Waals surface area contributed by atoms with E-state index in [4.69, 9.17) is 5.11 Å². The fourth-order valence-electron chi connectivity index (χ4n) is 2.09. The molecule has 18 heavy (non-hydrogen) atoms. The van der Waals surface area contributed by atoms with Gasteiger partial charge in [0.25, 0.3) is 5.92 Å². The first-order chi connectivity index (χ1) is 8.35. The van der Waals surface area contributed by atoms with E-state index in [1.807, 2.05) is 0 Å². The monoisotopic (exact) mass is 264 g/mol. The molecule has 7 heteroatoms. The van der Waals surface area contributed by atoms with Crippen LogP contribution in [0.4, 0.5) is 8.78 Å². The number of amides is 1. The Morgan fingerprint density at radius 2 is 2.22 bits per heavy atom. The zero-order valence-corrected chi connectivity index (χ0v) is 10.2. The van der Waals surface area contributed by atoms with Crippen LogP contribution in [0.3, 0.4) is 0 Å². The Morgan fingerprint density at radius 3 is 2.67 bits per heavy atom. The number of nitrogens with one attached hydrogen (secondary N) is 1. The second-order valence-electron chi connectivity index (χ2n) is 4.68. The van der Waals surface area contributed by atoms with Crippen molar-refractivity contribution in [1.82, 2.24) is 10.2 Å². The highest BCUT2D eigenvalue weighted by atomic mass is 19.3. The summed E-state index contributed by atoms with van der Waals surface area (Å²) in [7, 11) is 0. The molecule has 104 valence electrons. The number of hydrogen-bond donors (Lipinski definition) is 2. The molecule has 1 saturated heterocycles. The van der Waals surface area contributed by atoms with Crippen molar-refractivity contribution in [3.63, 3.8) is 0 Å². The van der Waals surface area contributed by atoms with Gasteiger partial charge in [-0.1, -0.05) is 0 Å². The highest BCUT2D eigenvalue weighted by molar-refractivity contribution is 5.76. The summed E-state index contributed by atoms with van der Waals surface area (Å²) in [6, 6.07) is -1.07. The van der Waals surface area contributed by atoms with Crippen molar-refractivity contribution < 1.29 is 23.5 Å². The number of nitrogens with zero attached hydrogens (tertiary/aromatic N) is 1. The van der Waals surface area contributed by atoms with E-state index in [-0.39, 0.29) is 25.4 Å². The summed E-state index contributed by atoms with van der Waals surface area (Å²) in [5.74, 6) is -3.75. The summed E-state index contributed by atoms with van der Waals surface area (Å²) in [4.78, 5) is 22.6. The minimum atomic E-state index is -2.64. The third-order valence-electron chi connectivity index (χ3n) is 3.26. The molecule has 1 heterocycles. The Hall–Kier alpha value is -1.24. The number of hydrogen-bond acceptors (Lipinski definition) is 3. The Morgan fingerprint density at radius 1 is 1.56 bits per heavy atom. The molecule has 5 nitrogen and oxygen atoms in total. The Bertz CT molecular complexity index is 313. The predicted octanol–water partition coefficient (Wildman–Crippen LogP) is 0.695. The molecule has 0 spiro atoms. The maximum Gasteiger partial charge on any atom is 0.326 e. The van der Waals surface area contributed by atoms with E-state index < -0.39 is 17.9 Å². The lowest BCUT2D eigenvalue weighted by Crippen LogP contribution is -2.39. The number of rotatable bonds is 7. The van der Waals surface area contributed by atoms with Gasteiger partial charge in [0.05, 0.1) is 6.54 Å². The smallest absolute Gasteiger partial charge is 0.326 e. The number of halogens is 2. The van der Waals surface area contributed by atoms with E-state index in [2.05, 4.69) is 5.32 Å². The molecule has 1 rings (SSSR count). The number of alkyl halides is 2. The molecule has 0 aromatic heterocycles. The molecule has 2 atom stereocenters. The van der Waals surface area contributed by atoms with Crippen LogP contribution in [0.1, 0.15) is 26.2 Å². The van der Waals surface area contributed by atoms with Crippen molar-refractivity contribution in [3.05, 3.63) is 0 Å². The topological polar surface area (TPSA) is 69.6 Å². The molecule has 1 aliphatic heterocycles. The van der Waals surface area contributed by atoms with E-state index >= 15 is 0 Å². The highest BCUT2D eigenvalue weighted by Gasteiger charge is 2.39. The molecule has 1 aliphatic rings. The van der Waals surface area contributed by atoms with Gasteiger partial charge >= 0.3 is 5.97 Å². The van der Waals surface area contributed by atoms with Crippen molar-refractivity contribution in [2.45, 2.75) is 44.2 Å². The summed E-state index contributed by atoms with van der Waals surface area (Å²) < 4.78 is 26.0. The molecule has 2 unspecified atom stereocenters. The molecule has 0 saturated carbocycles. The summed E-state index contributed by atoms with van der Waals surface area (Å²) in [6.45, 7) is 1.85. The predicted molar refractivity (Wildman–Crippen MR) is 60.5 cm³/mol. The van der Waals surface area contributed by atoms with Gasteiger partial charge in [0.15, 0.2) is 0 Å². The van der Waals surface area contributed by atoms with Crippen LogP contribution in [0.25, 0.3) is 0 Å². The molecule has 0 bridgehead atoms. The lowest BCUT2D eigenvalue weighted by atomic mass is 10.1. The maximum absolute atomic E-state index is 13.0. The normalized spacial score (nSPS) is 22.4. The van der Waals surface area contributed by atoms with Gasteiger partial charge in [-0.2, -0.15) is 0 Å². The van der Waals surface area contributed by atoms with E-state index in [1.54, 1.807) is 11.8 Å². The molecule has 1 amide bonds. The average molecular weight is 264 g/mol. The van der Waals surface area contributed by atoms with Crippen molar-refractivity contribution in [1.29, 1.82) is 0 Å². The molecular formula is C11H18F2N2O3. The van der Waals surface area contributed by atoms with Gasteiger partial charge < -0.3 is 10.4 Å². The quantitative estimate of drug-likeness (QED) is 0.664. The molecule has 0 aromatic carbocycles. The fourth-order valence-corrected chi connectivity index (χ4v) is 2.09. The zero-order chi connectivity index (χ0) is 13.8. The van der Waals surface area contributed by atoms with Crippen LogP contribution in [0.15, 0.2) is 0 Å². The van der Waals surface area contributed by atoms with Crippen LogP contribution >= 0.6 is 0 Å². The Kier molecular flexibility index (Phi) is 5.01. The number of carbonyl (C=O) groups excluding carboxylic acids is 1. The van der Waals surface area contributed by atoms with Crippen LogP contribution in [0.5, 0.6) is 0 Å². The number of carboxylic acid groups (broad SMARTS) is 1. The van der Waals surface area contributed by atoms with Crippen LogP contribution in [0, 0.1) is 0 Å². The maximum atomic E-state index is 13.0. The number of carbonyl (C=O) groups is 2. The zero-order valence-electron chi connectivity index (χ0n) is 10.2. The Labute approximate surface area is 104 Å². The van der Waals surface area contributed by atoms with Crippen LogP contribution in [0.2, 0.25) is 0 Å². The third kappa shape index (κ3) is 4.21. The molecule has 2 N–H and O–H groups in total. The van der Waals surface area contributed by atoms with Crippen LogP contribution < -0.4 is 5.32 Å². The minimum Gasteiger partial charge on any atom is -0.480 e. The van der Waals surface area contributed by atoms with Crippen molar-refractivity contribution in [3.8, 4) is 0 Å². The summed E-state index contributed by atoms with van der Waals surface area (Å²) in [6.07, 6.45) is 0.880. The second-order valence-corrected chi connectivity index (χ2v) is 4.68. The van der Waals surface area contributed by atoms with Crippen LogP contribution in [-0.2, 0) is 9.59 Å². The van der Waals surface area contributed by atoms with Crippen molar-refractivity contribution >= 4 is 12.4 Å². The molecule has 0 aromatic rings. The van der Waals surface area contributed by atoms with E-state index in [1.165, 1.54) is 0 Å². The fraction of sp³-hybridized carbons (Fsp3) is 0.818. The number of likely N-dealkylation sites (tertiary alicyclic amines) is 1. The van der Waals surface area contributed by atoms with Gasteiger partial charge in [-0.05, 0) is 19.8 Å². The number of aliphatic carboxylic acids is 1. The van der Waals surface area contributed by atoms with Gasteiger partial charge in [-0.15, -0.1) is 0 Å². The van der Waals surface area contributed by atoms with Crippen LogP contribution in [-0.4, -0.2) is 53.5 Å². The lowest BCUT2D eigenvalue weighted by molar-refractivity contribution is -0.140. The molecule has 1 fully saturated rings. The largest absolute Gasteiger partial charge is 0.480 e. The summed E-state index contributed by atoms with van der Waals surface area (Å²) >= 11 is 0. The molecule has 0 aliphatic carbocycles.